The number of halogens is 1. The Morgan fingerprint density at radius 3 is 2.74 bits per heavy atom. The molecule has 3 rings (SSSR count). The van der Waals surface area contributed by atoms with E-state index in [1.165, 1.54) is 12.4 Å². The van der Waals surface area contributed by atoms with Crippen LogP contribution in [0.1, 0.15) is 16.1 Å². The van der Waals surface area contributed by atoms with E-state index in [0.29, 0.717) is 11.3 Å². The summed E-state index contributed by atoms with van der Waals surface area (Å²) in [6.07, 6.45) is 4.55. The largest absolute Gasteiger partial charge is 0.455 e. The van der Waals surface area contributed by atoms with Crippen molar-refractivity contribution in [3.63, 3.8) is 0 Å². The minimum atomic E-state index is -0.321. The number of hydrazone groups is 1. The summed E-state index contributed by atoms with van der Waals surface area (Å²) in [7, 11) is 0. The molecule has 0 aliphatic carbocycles. The summed E-state index contributed by atoms with van der Waals surface area (Å²) in [5.74, 6) is 0.991. The van der Waals surface area contributed by atoms with Crippen LogP contribution in [-0.4, -0.2) is 17.1 Å². The molecular weight excluding hydrogens is 405 g/mol. The van der Waals surface area contributed by atoms with Gasteiger partial charge in [0.25, 0.3) is 5.91 Å². The normalized spacial score (nSPS) is 10.8. The van der Waals surface area contributed by atoms with Gasteiger partial charge < -0.3 is 4.42 Å². The molecule has 2 aromatic heterocycles. The zero-order valence-corrected chi connectivity index (χ0v) is 14.1. The number of carbonyl (C=O) groups is 1. The first-order chi connectivity index (χ1) is 11.2. The molecule has 1 aromatic carbocycles. The summed E-state index contributed by atoms with van der Waals surface area (Å²) >= 11 is 2.25. The quantitative estimate of drug-likeness (QED) is 0.400. The van der Waals surface area contributed by atoms with Crippen LogP contribution in [0.4, 0.5) is 0 Å². The van der Waals surface area contributed by atoms with Crippen molar-refractivity contribution < 1.29 is 9.21 Å². The van der Waals surface area contributed by atoms with Crippen molar-refractivity contribution in [1.29, 1.82) is 0 Å². The Labute approximate surface area is 146 Å². The summed E-state index contributed by atoms with van der Waals surface area (Å²) in [5.41, 5.74) is 3.87. The Morgan fingerprint density at radius 2 is 2.00 bits per heavy atom. The molecule has 0 radical (unpaired) electrons. The summed E-state index contributed by atoms with van der Waals surface area (Å²) in [6, 6.07) is 15.0. The second kappa shape index (κ2) is 7.19. The van der Waals surface area contributed by atoms with Crippen molar-refractivity contribution in [3.8, 4) is 11.3 Å². The lowest BCUT2D eigenvalue weighted by Gasteiger charge is -1.98. The molecule has 0 saturated carbocycles. The first-order valence-corrected chi connectivity index (χ1v) is 7.89. The summed E-state index contributed by atoms with van der Waals surface area (Å²) in [5, 5.41) is 3.89. The third-order valence-electron chi connectivity index (χ3n) is 3.04. The maximum absolute atomic E-state index is 11.8. The number of carbonyl (C=O) groups excluding carboxylic acids is 1. The Hall–Kier alpha value is -2.48. The predicted molar refractivity (Wildman–Crippen MR) is 96.2 cm³/mol. The molecule has 1 amide bonds. The second-order valence-corrected chi connectivity index (χ2v) is 5.90. The van der Waals surface area contributed by atoms with Gasteiger partial charge in [0.05, 0.1) is 11.8 Å². The van der Waals surface area contributed by atoms with E-state index >= 15 is 0 Å². The number of nitrogens with one attached hydrogen (secondary N) is 1. The van der Waals surface area contributed by atoms with E-state index in [0.717, 1.165) is 14.9 Å². The van der Waals surface area contributed by atoms with Gasteiger partial charge in [-0.05, 0) is 59.0 Å². The average molecular weight is 417 g/mol. The molecule has 23 heavy (non-hydrogen) atoms. The fourth-order valence-electron chi connectivity index (χ4n) is 1.91. The zero-order chi connectivity index (χ0) is 16.1. The van der Waals surface area contributed by atoms with Crippen LogP contribution in [0.2, 0.25) is 0 Å². The Balaban J connectivity index is 1.65. The van der Waals surface area contributed by atoms with Crippen LogP contribution >= 0.6 is 22.6 Å². The molecule has 0 fully saturated rings. The van der Waals surface area contributed by atoms with Crippen LogP contribution in [0.25, 0.3) is 11.3 Å². The van der Waals surface area contributed by atoms with Gasteiger partial charge in [-0.1, -0.05) is 12.1 Å². The van der Waals surface area contributed by atoms with Crippen molar-refractivity contribution in [2.75, 3.05) is 0 Å². The van der Waals surface area contributed by atoms with Gasteiger partial charge in [-0.2, -0.15) is 5.10 Å². The standard InChI is InChI=1S/C17H12IN3O2/c18-14-5-3-12(4-6-14)16-8-7-15(23-16)11-20-21-17(22)13-2-1-9-19-10-13/h1-11H,(H,21,22)/b20-11+. The number of rotatable bonds is 4. The number of furan rings is 1. The Kier molecular flexibility index (Phi) is 4.82. The molecule has 3 aromatic rings. The van der Waals surface area contributed by atoms with Crippen LogP contribution in [0.15, 0.2) is 70.4 Å². The molecule has 0 aliphatic rings. The molecule has 0 aliphatic heterocycles. The van der Waals surface area contributed by atoms with E-state index in [9.17, 15) is 4.79 Å². The highest BCUT2D eigenvalue weighted by molar-refractivity contribution is 14.1. The van der Waals surface area contributed by atoms with Crippen LogP contribution in [0, 0.1) is 3.57 Å². The molecule has 114 valence electrons. The van der Waals surface area contributed by atoms with Gasteiger partial charge in [0.1, 0.15) is 11.5 Å². The fraction of sp³-hybridized carbons (Fsp3) is 0. The van der Waals surface area contributed by atoms with E-state index in [-0.39, 0.29) is 5.91 Å². The lowest BCUT2D eigenvalue weighted by Crippen LogP contribution is -2.17. The molecule has 0 saturated heterocycles. The first-order valence-electron chi connectivity index (χ1n) is 6.81. The smallest absolute Gasteiger partial charge is 0.272 e. The summed E-state index contributed by atoms with van der Waals surface area (Å²) in [6.45, 7) is 0. The van der Waals surface area contributed by atoms with Crippen molar-refractivity contribution in [3.05, 3.63) is 75.8 Å². The molecule has 5 nitrogen and oxygen atoms in total. The van der Waals surface area contributed by atoms with Gasteiger partial charge in [-0.3, -0.25) is 9.78 Å². The third-order valence-corrected chi connectivity index (χ3v) is 3.76. The van der Waals surface area contributed by atoms with Crippen LogP contribution in [0.3, 0.4) is 0 Å². The average Bonchev–Trinajstić information content (AvgIpc) is 3.05. The van der Waals surface area contributed by atoms with Gasteiger partial charge in [0.15, 0.2) is 0 Å². The highest BCUT2D eigenvalue weighted by atomic mass is 127. The lowest BCUT2D eigenvalue weighted by atomic mass is 10.2. The number of benzene rings is 1. The van der Waals surface area contributed by atoms with Gasteiger partial charge in [-0.25, -0.2) is 5.43 Å². The van der Waals surface area contributed by atoms with Crippen LogP contribution in [-0.2, 0) is 0 Å². The topological polar surface area (TPSA) is 67.5 Å². The van der Waals surface area contributed by atoms with E-state index in [1.54, 1.807) is 24.4 Å². The van der Waals surface area contributed by atoms with Gasteiger partial charge >= 0.3 is 0 Å². The SMILES string of the molecule is O=C(N/N=C/c1ccc(-c2ccc(I)cc2)o1)c1cccnc1. The molecule has 0 unspecified atom stereocenters. The maximum Gasteiger partial charge on any atom is 0.272 e. The molecule has 0 spiro atoms. The van der Waals surface area contributed by atoms with E-state index in [2.05, 4.69) is 38.1 Å². The second-order valence-electron chi connectivity index (χ2n) is 4.65. The fourth-order valence-corrected chi connectivity index (χ4v) is 2.27. The van der Waals surface area contributed by atoms with Gasteiger partial charge in [-0.15, -0.1) is 0 Å². The maximum atomic E-state index is 11.8. The summed E-state index contributed by atoms with van der Waals surface area (Å²) < 4.78 is 6.85. The number of aromatic nitrogens is 1. The van der Waals surface area contributed by atoms with Gasteiger partial charge in [0, 0.05) is 21.5 Å². The van der Waals surface area contributed by atoms with Crippen LogP contribution in [0.5, 0.6) is 0 Å². The highest BCUT2D eigenvalue weighted by Gasteiger charge is 2.05. The third kappa shape index (κ3) is 4.04. The minimum absolute atomic E-state index is 0.321. The van der Waals surface area contributed by atoms with E-state index < -0.39 is 0 Å². The number of hydrogen-bond donors (Lipinski definition) is 1. The molecule has 0 bridgehead atoms. The van der Waals surface area contributed by atoms with Crippen molar-refractivity contribution in [1.82, 2.24) is 10.4 Å². The first kappa shape index (κ1) is 15.4. The summed E-state index contributed by atoms with van der Waals surface area (Å²) in [4.78, 5) is 15.7. The number of pyridine rings is 1. The highest BCUT2D eigenvalue weighted by Crippen LogP contribution is 2.22. The molecule has 2 heterocycles. The zero-order valence-electron chi connectivity index (χ0n) is 11.9. The molecule has 6 heteroatoms. The lowest BCUT2D eigenvalue weighted by molar-refractivity contribution is 0.0955. The monoisotopic (exact) mass is 417 g/mol. The minimum Gasteiger partial charge on any atom is -0.455 e. The number of nitrogens with zero attached hydrogens (tertiary/aromatic N) is 2. The van der Waals surface area contributed by atoms with Gasteiger partial charge in [0.2, 0.25) is 0 Å². The number of hydrogen-bond acceptors (Lipinski definition) is 4. The Bertz CT molecular complexity index is 827. The molecule has 0 atom stereocenters. The molecule has 1 N–H and O–H groups in total. The van der Waals surface area contributed by atoms with E-state index in [4.69, 9.17) is 4.42 Å². The predicted octanol–water partition coefficient (Wildman–Crippen LogP) is 3.71. The van der Waals surface area contributed by atoms with Crippen molar-refractivity contribution in [2.24, 2.45) is 5.10 Å². The number of amides is 1. The molecular formula is C17H12IN3O2. The van der Waals surface area contributed by atoms with Crippen molar-refractivity contribution in [2.45, 2.75) is 0 Å². The van der Waals surface area contributed by atoms with Crippen LogP contribution < -0.4 is 5.43 Å². The van der Waals surface area contributed by atoms with E-state index in [1.807, 2.05) is 30.3 Å². The van der Waals surface area contributed by atoms with Crippen molar-refractivity contribution >= 4 is 34.7 Å². The Morgan fingerprint density at radius 1 is 1.17 bits per heavy atom.